The number of halogens is 3. The highest BCUT2D eigenvalue weighted by Crippen LogP contribution is 2.39. The van der Waals surface area contributed by atoms with Crippen molar-refractivity contribution in [3.05, 3.63) is 29.8 Å². The number of alkyl halides is 3. The van der Waals surface area contributed by atoms with E-state index in [-0.39, 0.29) is 5.75 Å². The summed E-state index contributed by atoms with van der Waals surface area (Å²) in [6.07, 6.45) is -4.74. The normalized spacial score (nSPS) is 21.7. The summed E-state index contributed by atoms with van der Waals surface area (Å²) in [6.45, 7) is 7.51. The van der Waals surface area contributed by atoms with Crippen molar-refractivity contribution in [2.45, 2.75) is 51.2 Å². The molecule has 0 amide bonds. The van der Waals surface area contributed by atoms with E-state index >= 15 is 0 Å². The molecule has 4 nitrogen and oxygen atoms in total. The second-order valence-electron chi connectivity index (χ2n) is 6.27. The third kappa shape index (κ3) is 3.56. The van der Waals surface area contributed by atoms with Crippen LogP contribution in [0, 0.1) is 0 Å². The maximum Gasteiger partial charge on any atom is 0.573 e. The van der Waals surface area contributed by atoms with Crippen molar-refractivity contribution >= 4 is 7.12 Å². The molecule has 0 unspecified atom stereocenters. The van der Waals surface area contributed by atoms with Gasteiger partial charge >= 0.3 is 13.5 Å². The highest BCUT2D eigenvalue weighted by Gasteiger charge is 2.53. The van der Waals surface area contributed by atoms with Crippen molar-refractivity contribution in [1.82, 2.24) is 0 Å². The number of ether oxygens (including phenoxy) is 1. The van der Waals surface area contributed by atoms with Gasteiger partial charge in [0.05, 0.1) is 17.1 Å². The molecule has 0 spiro atoms. The maximum atomic E-state index is 12.3. The largest absolute Gasteiger partial charge is 0.573 e. The van der Waals surface area contributed by atoms with Gasteiger partial charge in [-0.2, -0.15) is 0 Å². The van der Waals surface area contributed by atoms with Crippen LogP contribution in [0.25, 0.3) is 0 Å². The summed E-state index contributed by atoms with van der Waals surface area (Å²) in [4.78, 5) is 0. The molecule has 0 bridgehead atoms. The summed E-state index contributed by atoms with van der Waals surface area (Å²) in [5.74, 6) is -1.05. The molecule has 1 fully saturated rings. The van der Waals surface area contributed by atoms with Crippen LogP contribution in [-0.2, 0) is 9.31 Å². The summed E-state index contributed by atoms with van der Waals surface area (Å²) in [6, 6.07) is 5.51. The van der Waals surface area contributed by atoms with Crippen LogP contribution in [0.4, 0.5) is 13.2 Å². The summed E-state index contributed by atoms with van der Waals surface area (Å²) < 4.78 is 52.3. The first-order chi connectivity index (χ1) is 9.91. The fourth-order valence-electron chi connectivity index (χ4n) is 2.11. The average molecular weight is 317 g/mol. The van der Waals surface area contributed by atoms with Gasteiger partial charge in [-0.1, -0.05) is 12.1 Å². The summed E-state index contributed by atoms with van der Waals surface area (Å²) in [5.41, 5.74) is 5.41. The first-order valence-corrected chi connectivity index (χ1v) is 6.88. The van der Waals surface area contributed by atoms with Crippen molar-refractivity contribution in [2.24, 2.45) is 5.73 Å². The summed E-state index contributed by atoms with van der Waals surface area (Å²) in [7, 11) is -0.744. The minimum Gasteiger partial charge on any atom is -0.406 e. The fourth-order valence-corrected chi connectivity index (χ4v) is 2.11. The Bertz CT molecular complexity index is 532. The van der Waals surface area contributed by atoms with E-state index in [9.17, 15) is 13.2 Å². The summed E-state index contributed by atoms with van der Waals surface area (Å²) >= 11 is 0. The first-order valence-electron chi connectivity index (χ1n) is 6.88. The van der Waals surface area contributed by atoms with Crippen molar-refractivity contribution in [1.29, 1.82) is 0 Å². The SMILES string of the molecule is CC1(C)OB([C@@H](N)c2cccc(OC(F)(F)F)c2)OC1(C)C. The second kappa shape index (κ2) is 5.44. The number of nitrogens with two attached hydrogens (primary N) is 1. The van der Waals surface area contributed by atoms with E-state index in [1.807, 2.05) is 27.7 Å². The van der Waals surface area contributed by atoms with E-state index in [4.69, 9.17) is 15.0 Å². The molecule has 22 heavy (non-hydrogen) atoms. The van der Waals surface area contributed by atoms with Gasteiger partial charge in [0.1, 0.15) is 5.75 Å². The molecule has 1 heterocycles. The standard InChI is InChI=1S/C14H19BF3NO3/c1-12(2)13(3,4)22-15(21-12)11(19)9-6-5-7-10(8-9)20-14(16,17)18/h5-8,11H,19H2,1-4H3/t11-/m0/s1. The Labute approximate surface area is 127 Å². The lowest BCUT2D eigenvalue weighted by Gasteiger charge is -2.32. The molecule has 8 heteroatoms. The minimum absolute atomic E-state index is 0.322. The monoisotopic (exact) mass is 317 g/mol. The van der Waals surface area contributed by atoms with Gasteiger partial charge in [0, 0.05) is 0 Å². The Kier molecular flexibility index (Phi) is 4.23. The molecule has 2 N–H and O–H groups in total. The Hall–Kier alpha value is -1.25. The molecular weight excluding hydrogens is 298 g/mol. The van der Waals surface area contributed by atoms with E-state index in [0.717, 1.165) is 0 Å². The molecule has 0 radical (unpaired) electrons. The highest BCUT2D eigenvalue weighted by atomic mass is 19.4. The van der Waals surface area contributed by atoms with Crippen molar-refractivity contribution in [3.63, 3.8) is 0 Å². The topological polar surface area (TPSA) is 53.7 Å². The first kappa shape index (κ1) is 17.1. The molecule has 2 rings (SSSR count). The third-order valence-electron chi connectivity index (χ3n) is 4.04. The van der Waals surface area contributed by atoms with Crippen LogP contribution in [0.5, 0.6) is 5.75 Å². The van der Waals surface area contributed by atoms with Crippen LogP contribution in [0.15, 0.2) is 24.3 Å². The zero-order chi connectivity index (χ0) is 16.8. The van der Waals surface area contributed by atoms with Gasteiger partial charge in [-0.3, -0.25) is 0 Å². The molecule has 0 saturated carbocycles. The number of rotatable bonds is 3. The molecule has 0 aromatic heterocycles. The lowest BCUT2D eigenvalue weighted by Crippen LogP contribution is -2.41. The molecule has 1 aromatic carbocycles. The summed E-state index contributed by atoms with van der Waals surface area (Å²) in [5, 5.41) is 0. The molecule has 1 atom stereocenters. The van der Waals surface area contributed by atoms with Gasteiger partial charge in [-0.25, -0.2) is 0 Å². The van der Waals surface area contributed by atoms with Crippen molar-refractivity contribution in [3.8, 4) is 5.75 Å². The van der Waals surface area contributed by atoms with E-state index in [1.54, 1.807) is 6.07 Å². The molecule has 1 aromatic rings. The van der Waals surface area contributed by atoms with Crippen LogP contribution in [0.1, 0.15) is 39.2 Å². The zero-order valence-electron chi connectivity index (χ0n) is 12.9. The Morgan fingerprint density at radius 1 is 1.14 bits per heavy atom. The van der Waals surface area contributed by atoms with Crippen LogP contribution < -0.4 is 10.5 Å². The predicted molar refractivity (Wildman–Crippen MR) is 76.1 cm³/mol. The predicted octanol–water partition coefficient (Wildman–Crippen LogP) is 3.22. The molecular formula is C14H19BF3NO3. The lowest BCUT2D eigenvalue weighted by atomic mass is 9.75. The number of hydrogen-bond acceptors (Lipinski definition) is 4. The van der Waals surface area contributed by atoms with Crippen molar-refractivity contribution < 1.29 is 27.2 Å². The van der Waals surface area contributed by atoms with Crippen LogP contribution in [0.2, 0.25) is 0 Å². The quantitative estimate of drug-likeness (QED) is 0.870. The van der Waals surface area contributed by atoms with Gasteiger partial charge in [0.25, 0.3) is 0 Å². The lowest BCUT2D eigenvalue weighted by molar-refractivity contribution is -0.274. The Balaban J connectivity index is 2.17. The molecule has 1 aliphatic rings. The fraction of sp³-hybridized carbons (Fsp3) is 0.571. The van der Waals surface area contributed by atoms with Crippen LogP contribution in [0.3, 0.4) is 0 Å². The van der Waals surface area contributed by atoms with Gasteiger partial charge in [-0.05, 0) is 45.4 Å². The molecule has 122 valence electrons. The van der Waals surface area contributed by atoms with Crippen LogP contribution >= 0.6 is 0 Å². The third-order valence-corrected chi connectivity index (χ3v) is 4.04. The molecule has 1 saturated heterocycles. The number of hydrogen-bond donors (Lipinski definition) is 1. The van der Waals surface area contributed by atoms with E-state index in [0.29, 0.717) is 5.56 Å². The Morgan fingerprint density at radius 3 is 2.18 bits per heavy atom. The maximum absolute atomic E-state index is 12.3. The molecule has 1 aliphatic heterocycles. The van der Waals surface area contributed by atoms with Gasteiger partial charge in [0.15, 0.2) is 0 Å². The Morgan fingerprint density at radius 2 is 1.68 bits per heavy atom. The highest BCUT2D eigenvalue weighted by molar-refractivity contribution is 6.47. The van der Waals surface area contributed by atoms with E-state index in [2.05, 4.69) is 4.74 Å². The van der Waals surface area contributed by atoms with Gasteiger partial charge in [-0.15, -0.1) is 13.2 Å². The van der Waals surface area contributed by atoms with Gasteiger partial charge in [0.2, 0.25) is 0 Å². The smallest absolute Gasteiger partial charge is 0.406 e. The van der Waals surface area contributed by atoms with Crippen LogP contribution in [-0.4, -0.2) is 24.7 Å². The minimum atomic E-state index is -4.74. The zero-order valence-corrected chi connectivity index (χ0v) is 12.9. The van der Waals surface area contributed by atoms with Crippen molar-refractivity contribution in [2.75, 3.05) is 0 Å². The van der Waals surface area contributed by atoms with Gasteiger partial charge < -0.3 is 19.8 Å². The number of benzene rings is 1. The average Bonchev–Trinajstić information content (AvgIpc) is 2.56. The van der Waals surface area contributed by atoms with E-state index in [1.165, 1.54) is 18.2 Å². The van der Waals surface area contributed by atoms with E-state index < -0.39 is 30.6 Å². The molecule has 0 aliphatic carbocycles. The second-order valence-corrected chi connectivity index (χ2v) is 6.27.